The molecular weight excluding hydrogens is 567 g/mol. The van der Waals surface area contributed by atoms with Gasteiger partial charge in [0.05, 0.1) is 26.1 Å². The maximum atomic E-state index is 13.6. The predicted molar refractivity (Wildman–Crippen MR) is 142 cm³/mol. The van der Waals surface area contributed by atoms with Crippen LogP contribution in [0.1, 0.15) is 25.8 Å². The van der Waals surface area contributed by atoms with Gasteiger partial charge in [0.25, 0.3) is 5.56 Å². The van der Waals surface area contributed by atoms with E-state index < -0.39 is 25.2 Å². The van der Waals surface area contributed by atoms with Crippen molar-refractivity contribution in [1.29, 1.82) is 0 Å². The molecule has 0 radical (unpaired) electrons. The number of nitrogens with two attached hydrogens (primary N) is 1. The third-order valence-corrected chi connectivity index (χ3v) is 7.92. The van der Waals surface area contributed by atoms with E-state index in [0.717, 1.165) is 16.0 Å². The predicted octanol–water partition coefficient (Wildman–Crippen LogP) is 3.85. The molecule has 1 aromatic carbocycles. The van der Waals surface area contributed by atoms with Crippen molar-refractivity contribution in [3.63, 3.8) is 0 Å². The molecular formula is C23H26BrN6O6P. The number of carbonyl (C=O) groups excluding carboxylic acids is 1. The molecule has 3 aromatic rings. The molecule has 0 aliphatic heterocycles. The summed E-state index contributed by atoms with van der Waals surface area (Å²) in [4.78, 5) is 38.8. The number of aromatic nitrogens is 4. The average molecular weight is 593 g/mol. The fourth-order valence-electron chi connectivity index (χ4n) is 4.01. The first-order valence-electron chi connectivity index (χ1n) is 11.3. The first kappa shape index (κ1) is 26.8. The third kappa shape index (κ3) is 6.00. The van der Waals surface area contributed by atoms with Gasteiger partial charge in [0.1, 0.15) is 17.7 Å². The molecule has 4 atom stereocenters. The second-order valence-corrected chi connectivity index (χ2v) is 11.2. The molecule has 4 rings (SSSR count). The highest BCUT2D eigenvalue weighted by molar-refractivity contribution is 9.10. The molecule has 2 heterocycles. The lowest BCUT2D eigenvalue weighted by atomic mass is 10.0. The molecule has 1 aliphatic rings. The number of aliphatic imine (C=N–C) groups is 1. The third-order valence-electron chi connectivity index (χ3n) is 6.00. The van der Waals surface area contributed by atoms with Gasteiger partial charge in [-0.15, -0.1) is 0 Å². The molecule has 37 heavy (non-hydrogen) atoms. The van der Waals surface area contributed by atoms with E-state index in [-0.39, 0.29) is 30.0 Å². The summed E-state index contributed by atoms with van der Waals surface area (Å²) in [5.74, 6) is 0.586. The van der Waals surface area contributed by atoms with Crippen LogP contribution in [-0.4, -0.2) is 51.2 Å². The number of halogens is 1. The summed E-state index contributed by atoms with van der Waals surface area (Å²) in [7, 11) is -2.68. The van der Waals surface area contributed by atoms with Crippen molar-refractivity contribution in [2.24, 2.45) is 10.9 Å². The zero-order chi connectivity index (χ0) is 26.7. The van der Waals surface area contributed by atoms with Crippen LogP contribution in [0.4, 0.5) is 5.95 Å². The Hall–Kier alpha value is -3.28. The maximum absolute atomic E-state index is 13.6. The number of nitrogens with zero attached hydrogens (tertiary/aromatic N) is 4. The molecule has 12 nitrogen and oxygen atoms in total. The Morgan fingerprint density at radius 3 is 2.84 bits per heavy atom. The van der Waals surface area contributed by atoms with Crippen LogP contribution in [0, 0.1) is 5.92 Å². The van der Waals surface area contributed by atoms with E-state index in [1.165, 1.54) is 20.4 Å². The Morgan fingerprint density at radius 1 is 1.41 bits per heavy atom. The van der Waals surface area contributed by atoms with E-state index >= 15 is 0 Å². The van der Waals surface area contributed by atoms with Gasteiger partial charge in [-0.3, -0.25) is 19.3 Å². The summed E-state index contributed by atoms with van der Waals surface area (Å²) in [6.45, 7) is 5.77. The van der Waals surface area contributed by atoms with Gasteiger partial charge in [-0.25, -0.2) is 14.3 Å². The lowest BCUT2D eigenvalue weighted by Gasteiger charge is -2.20. The Labute approximate surface area is 220 Å². The van der Waals surface area contributed by atoms with Crippen molar-refractivity contribution in [2.45, 2.75) is 31.8 Å². The van der Waals surface area contributed by atoms with E-state index in [1.54, 1.807) is 28.8 Å². The number of benzene rings is 1. The normalized spacial score (nSPS) is 20.2. The monoisotopic (exact) mass is 592 g/mol. The minimum absolute atomic E-state index is 0.00533. The van der Waals surface area contributed by atoms with Crippen LogP contribution in [0.15, 0.2) is 57.0 Å². The highest BCUT2D eigenvalue weighted by Gasteiger charge is 2.34. The van der Waals surface area contributed by atoms with Crippen molar-refractivity contribution in [2.75, 3.05) is 19.5 Å². The number of aromatic amines is 1. The van der Waals surface area contributed by atoms with Gasteiger partial charge in [-0.05, 0) is 49.6 Å². The number of nitrogens with one attached hydrogen (secondary N) is 1. The van der Waals surface area contributed by atoms with Gasteiger partial charge >= 0.3 is 13.6 Å². The van der Waals surface area contributed by atoms with E-state index in [4.69, 9.17) is 14.8 Å². The van der Waals surface area contributed by atoms with Crippen LogP contribution in [0.3, 0.4) is 0 Å². The fourth-order valence-corrected chi connectivity index (χ4v) is 5.61. The topological polar surface area (TPSA) is 164 Å². The van der Waals surface area contributed by atoms with Crippen LogP contribution in [0.2, 0.25) is 0 Å². The van der Waals surface area contributed by atoms with E-state index in [9.17, 15) is 14.2 Å². The van der Waals surface area contributed by atoms with Gasteiger partial charge < -0.3 is 19.6 Å². The van der Waals surface area contributed by atoms with Crippen molar-refractivity contribution < 1.29 is 23.1 Å². The molecule has 14 heteroatoms. The van der Waals surface area contributed by atoms with E-state index in [1.807, 2.05) is 0 Å². The van der Waals surface area contributed by atoms with Crippen LogP contribution < -0.4 is 15.8 Å². The number of methoxy groups -OCH3 is 1. The number of fused-ring (bicyclic) bond motifs is 1. The number of anilines is 1. The van der Waals surface area contributed by atoms with Crippen LogP contribution in [0.25, 0.3) is 11.2 Å². The molecule has 0 bridgehead atoms. The Balaban J connectivity index is 1.52. The van der Waals surface area contributed by atoms with Gasteiger partial charge in [0.15, 0.2) is 11.2 Å². The second kappa shape index (κ2) is 11.0. The molecule has 1 unspecified atom stereocenters. The first-order chi connectivity index (χ1) is 17.6. The molecule has 196 valence electrons. The van der Waals surface area contributed by atoms with Gasteiger partial charge in [-0.1, -0.05) is 22.5 Å². The lowest BCUT2D eigenvalue weighted by molar-refractivity contribution is -0.141. The number of hydrogen-bond donors (Lipinski definition) is 2. The number of esters is 1. The number of rotatable bonds is 9. The summed E-state index contributed by atoms with van der Waals surface area (Å²) in [6.07, 6.45) is 2.89. The number of imidazole rings is 1. The number of H-pyrrole nitrogens is 1. The molecule has 3 N–H and O–H groups in total. The van der Waals surface area contributed by atoms with Crippen molar-refractivity contribution in [3.8, 4) is 5.75 Å². The highest BCUT2D eigenvalue weighted by Crippen LogP contribution is 2.49. The zero-order valence-electron chi connectivity index (χ0n) is 20.2. The molecule has 0 saturated heterocycles. The quantitative estimate of drug-likeness (QED) is 0.162. The number of nitrogen functional groups attached to an aromatic ring is 1. The van der Waals surface area contributed by atoms with Crippen molar-refractivity contribution in [3.05, 3.63) is 57.6 Å². The highest BCUT2D eigenvalue weighted by atomic mass is 79.9. The Bertz CT molecular complexity index is 1450. The van der Waals surface area contributed by atoms with Gasteiger partial charge in [-0.2, -0.15) is 4.98 Å². The van der Waals surface area contributed by atoms with Crippen LogP contribution >= 0.6 is 23.5 Å². The SMILES string of the molecule is C=C1[C@H](COP(=O)(C=N[C@@H](C)C(=O)OC)Oc2ccc(Br)cc2)CC[C@@H]1n1cnc2c(=O)[nH]c(N)nc21. The molecule has 0 amide bonds. The van der Waals surface area contributed by atoms with Crippen LogP contribution in [0.5, 0.6) is 5.75 Å². The molecule has 1 aliphatic carbocycles. The lowest BCUT2D eigenvalue weighted by Crippen LogP contribution is -2.17. The fraction of sp³-hybridized carbons (Fsp3) is 0.348. The number of hydrogen-bond acceptors (Lipinski definition) is 10. The summed E-state index contributed by atoms with van der Waals surface area (Å²) < 4.78 is 32.4. The average Bonchev–Trinajstić information content (AvgIpc) is 3.45. The molecule has 0 spiro atoms. The Morgan fingerprint density at radius 2 is 2.14 bits per heavy atom. The Kier molecular flexibility index (Phi) is 7.96. The molecule has 1 saturated carbocycles. The summed E-state index contributed by atoms with van der Waals surface area (Å²) >= 11 is 3.35. The minimum atomic E-state index is -3.92. The smallest absolute Gasteiger partial charge is 0.421 e. The summed E-state index contributed by atoms with van der Waals surface area (Å²) in [6, 6.07) is 5.64. The first-order valence-corrected chi connectivity index (χ1v) is 13.7. The molecule has 2 aromatic heterocycles. The number of carbonyl (C=O) groups is 1. The maximum Gasteiger partial charge on any atom is 0.421 e. The summed E-state index contributed by atoms with van der Waals surface area (Å²) in [5, 5.41) is 0. The van der Waals surface area contributed by atoms with Gasteiger partial charge in [0.2, 0.25) is 5.95 Å². The minimum Gasteiger partial charge on any atom is -0.467 e. The summed E-state index contributed by atoms with van der Waals surface area (Å²) in [5.41, 5.74) is 6.65. The van der Waals surface area contributed by atoms with E-state index in [2.05, 4.69) is 47.2 Å². The zero-order valence-corrected chi connectivity index (χ0v) is 22.6. The molecule has 1 fully saturated rings. The largest absolute Gasteiger partial charge is 0.467 e. The standard InChI is InChI=1S/C23H26BrN6O6P/c1-13-15(4-9-18(13)30-11-26-19-20(30)28-23(25)29-21(19)31)10-35-37(33,12-27-14(2)22(32)34-3)36-17-7-5-16(24)6-8-17/h5-8,11-12,14-15,18H,1,4,9-10H2,2-3H3,(H3,25,28,29,31)/t14-,15-,18-,37?/m0/s1. The van der Waals surface area contributed by atoms with Crippen molar-refractivity contribution >= 4 is 52.6 Å². The second-order valence-electron chi connectivity index (χ2n) is 8.48. The van der Waals surface area contributed by atoms with Crippen LogP contribution in [-0.2, 0) is 18.6 Å². The van der Waals surface area contributed by atoms with Gasteiger partial charge in [0, 0.05) is 10.4 Å². The van der Waals surface area contributed by atoms with E-state index in [0.29, 0.717) is 24.2 Å². The van der Waals surface area contributed by atoms with Crippen molar-refractivity contribution in [1.82, 2.24) is 19.5 Å². The number of ether oxygens (including phenoxy) is 1.